The van der Waals surface area contributed by atoms with Crippen molar-refractivity contribution in [3.8, 4) is 0 Å². The van der Waals surface area contributed by atoms with E-state index in [1.165, 1.54) is 0 Å². The van der Waals surface area contributed by atoms with Gasteiger partial charge in [-0.05, 0) is 18.2 Å². The Kier molecular flexibility index (Phi) is 2.85. The van der Waals surface area contributed by atoms with E-state index in [1.54, 1.807) is 0 Å². The topological polar surface area (TPSA) is 0 Å². The minimum atomic E-state index is -4.97. The van der Waals surface area contributed by atoms with Gasteiger partial charge in [-0.25, -0.2) is 4.39 Å². The summed E-state index contributed by atoms with van der Waals surface area (Å²) in [5, 5.41) is -0.0550. The van der Waals surface area contributed by atoms with Gasteiger partial charge in [-0.1, -0.05) is 23.5 Å². The average molecular weight is 211 g/mol. The number of rotatable bonds is 2. The normalized spacial score (nSPS) is 11.8. The lowest BCUT2D eigenvalue weighted by Crippen LogP contribution is -2.19. The van der Waals surface area contributed by atoms with Crippen molar-refractivity contribution in [2.45, 2.75) is 6.32 Å². The number of hydrogen-bond acceptors (Lipinski definition) is 0. The van der Waals surface area contributed by atoms with E-state index in [1.807, 2.05) is 0 Å². The summed E-state index contributed by atoms with van der Waals surface area (Å²) in [6.07, 6.45) is -1.14. The van der Waals surface area contributed by atoms with Crippen LogP contribution in [0.1, 0.15) is 5.56 Å². The minimum Gasteiger partial charge on any atom is -0.449 e. The van der Waals surface area contributed by atoms with Crippen molar-refractivity contribution in [3.05, 3.63) is 34.6 Å². The molecule has 0 saturated carbocycles. The van der Waals surface area contributed by atoms with Crippen molar-refractivity contribution in [2.75, 3.05) is 0 Å². The minimum absolute atomic E-state index is 0.0550. The molecule has 0 aromatic heterocycles. The standard InChI is InChI=1S/C7H5BClF4/c9-7-2-1-6(10)3-5(7)4-8(11,12)13/h1-3H,4H2/q-1. The Bertz CT molecular complexity index is 310. The van der Waals surface area contributed by atoms with Crippen LogP contribution in [0.2, 0.25) is 5.02 Å². The van der Waals surface area contributed by atoms with Crippen molar-refractivity contribution >= 4 is 18.6 Å². The van der Waals surface area contributed by atoms with E-state index < -0.39 is 19.1 Å². The summed E-state index contributed by atoms with van der Waals surface area (Å²) in [4.78, 5) is 0. The lowest BCUT2D eigenvalue weighted by atomic mass is 9.82. The predicted octanol–water partition coefficient (Wildman–Crippen LogP) is 3.41. The monoisotopic (exact) mass is 211 g/mol. The van der Waals surface area contributed by atoms with Gasteiger partial charge in [0.25, 0.3) is 0 Å². The molecule has 0 bridgehead atoms. The first-order chi connectivity index (χ1) is 5.88. The van der Waals surface area contributed by atoms with Crippen LogP contribution in [0.15, 0.2) is 18.2 Å². The van der Waals surface area contributed by atoms with Crippen molar-refractivity contribution in [1.29, 1.82) is 0 Å². The van der Waals surface area contributed by atoms with Crippen molar-refractivity contribution in [1.82, 2.24) is 0 Å². The first-order valence-electron chi connectivity index (χ1n) is 3.53. The molecule has 0 saturated heterocycles. The third kappa shape index (κ3) is 3.26. The van der Waals surface area contributed by atoms with Crippen LogP contribution in [0.4, 0.5) is 17.3 Å². The molecule has 0 radical (unpaired) electrons. The smallest absolute Gasteiger partial charge is 0.449 e. The molecule has 0 unspecified atom stereocenters. The number of benzene rings is 1. The summed E-state index contributed by atoms with van der Waals surface area (Å²) in [6.45, 7) is -4.97. The third-order valence-corrected chi connectivity index (χ3v) is 1.83. The van der Waals surface area contributed by atoms with Gasteiger partial charge in [0.2, 0.25) is 0 Å². The van der Waals surface area contributed by atoms with Crippen LogP contribution in [-0.4, -0.2) is 6.98 Å². The second kappa shape index (κ2) is 3.58. The molecule has 0 spiro atoms. The summed E-state index contributed by atoms with van der Waals surface area (Å²) in [7, 11) is 0. The Hall–Kier alpha value is -0.705. The molecule has 1 aromatic rings. The highest BCUT2D eigenvalue weighted by atomic mass is 35.5. The van der Waals surface area contributed by atoms with Crippen LogP contribution < -0.4 is 0 Å². The summed E-state index contributed by atoms with van der Waals surface area (Å²) < 4.78 is 48.3. The lowest BCUT2D eigenvalue weighted by molar-refractivity contribution is 0.468. The lowest BCUT2D eigenvalue weighted by Gasteiger charge is -2.14. The molecule has 0 fully saturated rings. The second-order valence-corrected chi connectivity index (χ2v) is 3.06. The van der Waals surface area contributed by atoms with Crippen molar-refractivity contribution in [2.24, 2.45) is 0 Å². The Balaban J connectivity index is 2.94. The summed E-state index contributed by atoms with van der Waals surface area (Å²) in [5.41, 5.74) is -0.214. The van der Waals surface area contributed by atoms with Gasteiger partial charge in [0, 0.05) is 5.02 Å². The molecule has 1 aromatic carbocycles. The van der Waals surface area contributed by atoms with Crippen LogP contribution in [0, 0.1) is 5.82 Å². The maximum Gasteiger partial charge on any atom is 0.482 e. The summed E-state index contributed by atoms with van der Waals surface area (Å²) in [6, 6.07) is 2.95. The van der Waals surface area contributed by atoms with Gasteiger partial charge in [-0.2, -0.15) is 0 Å². The molecular weight excluding hydrogens is 206 g/mol. The zero-order valence-corrected chi connectivity index (χ0v) is 7.16. The SMILES string of the molecule is Fc1ccc(Cl)c(C[B-](F)(F)F)c1. The fourth-order valence-corrected chi connectivity index (χ4v) is 1.14. The zero-order valence-electron chi connectivity index (χ0n) is 6.41. The number of hydrogen-bond donors (Lipinski definition) is 0. The number of halogens is 5. The highest BCUT2D eigenvalue weighted by molar-refractivity contribution is 6.58. The van der Waals surface area contributed by atoms with E-state index in [4.69, 9.17) is 11.6 Å². The quantitative estimate of drug-likeness (QED) is 0.519. The van der Waals surface area contributed by atoms with Crippen molar-refractivity contribution < 1.29 is 17.3 Å². The summed E-state index contributed by atoms with van der Waals surface area (Å²) >= 11 is 5.45. The molecule has 0 heterocycles. The van der Waals surface area contributed by atoms with Gasteiger partial charge in [0.1, 0.15) is 5.82 Å². The van der Waals surface area contributed by atoms with Crippen molar-refractivity contribution in [3.63, 3.8) is 0 Å². The molecule has 0 aliphatic rings. The fraction of sp³-hybridized carbons (Fsp3) is 0.143. The van der Waals surface area contributed by atoms with Gasteiger partial charge in [0.15, 0.2) is 0 Å². The maximum absolute atomic E-state index is 12.5. The molecule has 72 valence electrons. The van der Waals surface area contributed by atoms with Gasteiger partial charge >= 0.3 is 6.98 Å². The van der Waals surface area contributed by atoms with Gasteiger partial charge in [0.05, 0.1) is 0 Å². The Morgan fingerprint density at radius 2 is 1.85 bits per heavy atom. The molecule has 0 N–H and O–H groups in total. The van der Waals surface area contributed by atoms with Gasteiger partial charge in [-0.3, -0.25) is 0 Å². The Labute approximate surface area is 77.6 Å². The van der Waals surface area contributed by atoms with Crippen LogP contribution >= 0.6 is 11.6 Å². The van der Waals surface area contributed by atoms with Crippen LogP contribution in [-0.2, 0) is 6.32 Å². The maximum atomic E-state index is 12.5. The predicted molar refractivity (Wildman–Crippen MR) is 44.2 cm³/mol. The highest BCUT2D eigenvalue weighted by Gasteiger charge is 2.24. The van der Waals surface area contributed by atoms with Gasteiger partial charge in [-0.15, -0.1) is 0 Å². The van der Waals surface area contributed by atoms with E-state index >= 15 is 0 Å². The Morgan fingerprint density at radius 3 is 2.38 bits per heavy atom. The summed E-state index contributed by atoms with van der Waals surface area (Å²) in [5.74, 6) is -0.709. The zero-order chi connectivity index (χ0) is 10.1. The molecule has 0 aliphatic heterocycles. The van der Waals surface area contributed by atoms with E-state index in [0.29, 0.717) is 0 Å². The molecule has 0 nitrogen and oxygen atoms in total. The molecule has 0 amide bonds. The molecule has 1 rings (SSSR count). The second-order valence-electron chi connectivity index (χ2n) is 2.65. The highest BCUT2D eigenvalue weighted by Crippen LogP contribution is 2.23. The van der Waals surface area contributed by atoms with Crippen LogP contribution in [0.3, 0.4) is 0 Å². The van der Waals surface area contributed by atoms with E-state index in [-0.39, 0.29) is 10.6 Å². The van der Waals surface area contributed by atoms with Crippen LogP contribution in [0.25, 0.3) is 0 Å². The fourth-order valence-electron chi connectivity index (χ4n) is 0.949. The Morgan fingerprint density at radius 1 is 1.23 bits per heavy atom. The van der Waals surface area contributed by atoms with E-state index in [0.717, 1.165) is 18.2 Å². The third-order valence-electron chi connectivity index (χ3n) is 1.46. The van der Waals surface area contributed by atoms with Gasteiger partial charge < -0.3 is 12.9 Å². The average Bonchev–Trinajstić information content (AvgIpc) is 1.94. The molecule has 0 aliphatic carbocycles. The first-order valence-corrected chi connectivity index (χ1v) is 3.91. The largest absolute Gasteiger partial charge is 0.482 e. The van der Waals surface area contributed by atoms with Crippen LogP contribution in [0.5, 0.6) is 0 Å². The molecule has 0 atom stereocenters. The molecule has 13 heavy (non-hydrogen) atoms. The van der Waals surface area contributed by atoms with E-state index in [2.05, 4.69) is 0 Å². The first kappa shape index (κ1) is 10.4. The molecular formula is C7H5BClF4-. The molecule has 6 heteroatoms. The van der Waals surface area contributed by atoms with E-state index in [9.17, 15) is 17.3 Å².